The van der Waals surface area contributed by atoms with E-state index in [1.807, 2.05) is 6.08 Å². The summed E-state index contributed by atoms with van der Waals surface area (Å²) in [5, 5.41) is 5.53. The van der Waals surface area contributed by atoms with Crippen LogP contribution < -0.4 is 0 Å². The molecule has 0 amide bonds. The number of carbonyl (C=O) groups excluding carboxylic acids is 1. The lowest BCUT2D eigenvalue weighted by molar-refractivity contribution is 0.0517. The smallest absolute Gasteiger partial charge is 0.359 e. The van der Waals surface area contributed by atoms with E-state index in [0.717, 1.165) is 35.2 Å². The van der Waals surface area contributed by atoms with Crippen molar-refractivity contribution in [1.29, 1.82) is 0 Å². The molecule has 4 nitrogen and oxygen atoms in total. The average Bonchev–Trinajstić information content (AvgIpc) is 3.10. The van der Waals surface area contributed by atoms with Gasteiger partial charge in [-0.05, 0) is 73.7 Å². The highest BCUT2D eigenvalue weighted by Gasteiger charge is 2.29. The first-order chi connectivity index (χ1) is 14.5. The highest BCUT2D eigenvalue weighted by Crippen LogP contribution is 2.37. The summed E-state index contributed by atoms with van der Waals surface area (Å²) >= 11 is 12.5. The first kappa shape index (κ1) is 20.6. The molecule has 7 heteroatoms. The summed E-state index contributed by atoms with van der Waals surface area (Å²) in [5.41, 5.74) is 4.43. The second-order valence-electron chi connectivity index (χ2n) is 6.98. The Hall–Kier alpha value is -2.63. The molecule has 4 rings (SSSR count). The van der Waals surface area contributed by atoms with E-state index in [0.29, 0.717) is 27.8 Å². The molecule has 0 bridgehead atoms. The summed E-state index contributed by atoms with van der Waals surface area (Å²) in [6, 6.07) is 11.4. The number of allylic oxidation sites excluding steroid dienone is 1. The molecule has 0 N–H and O–H groups in total. The molecule has 30 heavy (non-hydrogen) atoms. The molecule has 1 aliphatic carbocycles. The van der Waals surface area contributed by atoms with Gasteiger partial charge in [0.1, 0.15) is 5.82 Å². The van der Waals surface area contributed by atoms with Crippen molar-refractivity contribution >= 4 is 40.8 Å². The van der Waals surface area contributed by atoms with E-state index in [9.17, 15) is 9.18 Å². The van der Waals surface area contributed by atoms with Gasteiger partial charge in [0.15, 0.2) is 5.69 Å². The number of aromatic nitrogens is 2. The second-order valence-corrected chi connectivity index (χ2v) is 7.82. The van der Waals surface area contributed by atoms with Crippen molar-refractivity contribution in [3.63, 3.8) is 0 Å². The highest BCUT2D eigenvalue weighted by molar-refractivity contribution is 6.35. The van der Waals surface area contributed by atoms with Gasteiger partial charge in [-0.2, -0.15) is 5.10 Å². The number of hydrogen-bond donors (Lipinski definition) is 0. The maximum atomic E-state index is 13.3. The van der Waals surface area contributed by atoms with E-state index in [-0.39, 0.29) is 12.4 Å². The van der Waals surface area contributed by atoms with Crippen LogP contribution in [0.5, 0.6) is 0 Å². The van der Waals surface area contributed by atoms with Gasteiger partial charge in [0.25, 0.3) is 0 Å². The van der Waals surface area contributed by atoms with E-state index in [2.05, 4.69) is 5.10 Å². The normalized spacial score (nSPS) is 14.6. The fraction of sp³-hybridized carbons (Fsp3) is 0.217. The van der Waals surface area contributed by atoms with Crippen LogP contribution in [0.1, 0.15) is 47.1 Å². The van der Waals surface area contributed by atoms with Gasteiger partial charge in [-0.1, -0.05) is 35.3 Å². The monoisotopic (exact) mass is 444 g/mol. The largest absolute Gasteiger partial charge is 0.461 e. The minimum atomic E-state index is -0.458. The molecule has 154 valence electrons. The Morgan fingerprint density at radius 1 is 1.20 bits per heavy atom. The van der Waals surface area contributed by atoms with Crippen molar-refractivity contribution in [3.05, 3.63) is 80.8 Å². The maximum absolute atomic E-state index is 13.3. The van der Waals surface area contributed by atoms with Crippen molar-refractivity contribution in [1.82, 2.24) is 9.78 Å². The summed E-state index contributed by atoms with van der Waals surface area (Å²) in [6.45, 7) is 2.03. The molecule has 1 aromatic heterocycles. The van der Waals surface area contributed by atoms with Gasteiger partial charge >= 0.3 is 5.97 Å². The van der Waals surface area contributed by atoms with Crippen LogP contribution in [-0.4, -0.2) is 22.4 Å². The van der Waals surface area contributed by atoms with E-state index in [4.69, 9.17) is 27.9 Å². The zero-order valence-electron chi connectivity index (χ0n) is 16.3. The number of nitrogens with zero attached hydrogens (tertiary/aromatic N) is 2. The molecule has 2 aromatic carbocycles. The van der Waals surface area contributed by atoms with Crippen LogP contribution in [0.4, 0.5) is 4.39 Å². The fourth-order valence-corrected chi connectivity index (χ4v) is 4.17. The van der Waals surface area contributed by atoms with E-state index in [1.54, 1.807) is 41.9 Å². The van der Waals surface area contributed by atoms with Crippen LogP contribution >= 0.6 is 23.2 Å². The molecule has 1 heterocycles. The van der Waals surface area contributed by atoms with Crippen LogP contribution in [0.2, 0.25) is 10.0 Å². The second kappa shape index (κ2) is 8.62. The highest BCUT2D eigenvalue weighted by atomic mass is 35.5. The predicted molar refractivity (Wildman–Crippen MR) is 117 cm³/mol. The molecular formula is C23H19Cl2FN2O2. The zero-order chi connectivity index (χ0) is 21.3. The molecule has 0 saturated heterocycles. The molecular weight excluding hydrogens is 426 g/mol. The van der Waals surface area contributed by atoms with Crippen molar-refractivity contribution < 1.29 is 13.9 Å². The number of rotatable bonds is 4. The Morgan fingerprint density at radius 3 is 2.67 bits per heavy atom. The Morgan fingerprint density at radius 2 is 1.97 bits per heavy atom. The third-order valence-electron chi connectivity index (χ3n) is 4.98. The van der Waals surface area contributed by atoms with Gasteiger partial charge in [0.05, 0.1) is 23.0 Å². The Kier molecular flexibility index (Phi) is 5.93. The number of benzene rings is 2. The SMILES string of the molecule is CCOC(=O)c1nn(-c2ccc(Cl)cc2Cl)c2c1CCC/C2=C/c1ccc(F)cc1. The topological polar surface area (TPSA) is 44.1 Å². The standard InChI is InChI=1S/C23H19Cl2FN2O2/c1-2-30-23(29)21-18-5-3-4-15(12-14-6-9-17(26)10-7-14)22(18)28(27-21)20-11-8-16(24)13-19(20)25/h6-13H,2-5H2,1H3/b15-12-. The number of fused-ring (bicyclic) bond motifs is 1. The lowest BCUT2D eigenvalue weighted by Crippen LogP contribution is -2.10. The Bertz CT molecular complexity index is 1140. The molecule has 1 aliphatic rings. The summed E-state index contributed by atoms with van der Waals surface area (Å²) in [6.07, 6.45) is 4.36. The molecule has 0 saturated carbocycles. The third kappa shape index (κ3) is 4.00. The minimum absolute atomic E-state index is 0.264. The number of ether oxygens (including phenoxy) is 1. The molecule has 0 radical (unpaired) electrons. The molecule has 0 atom stereocenters. The zero-order valence-corrected chi connectivity index (χ0v) is 17.8. The molecule has 3 aromatic rings. The van der Waals surface area contributed by atoms with Gasteiger partial charge < -0.3 is 4.74 Å². The first-order valence-electron chi connectivity index (χ1n) is 9.69. The summed E-state index contributed by atoms with van der Waals surface area (Å²) < 4.78 is 20.2. The van der Waals surface area contributed by atoms with Crippen molar-refractivity contribution in [2.24, 2.45) is 0 Å². The summed E-state index contributed by atoms with van der Waals surface area (Å²) in [5.74, 6) is -0.746. The summed E-state index contributed by atoms with van der Waals surface area (Å²) in [7, 11) is 0. The lowest BCUT2D eigenvalue weighted by Gasteiger charge is -2.19. The van der Waals surface area contributed by atoms with Crippen molar-refractivity contribution in [3.8, 4) is 5.69 Å². The van der Waals surface area contributed by atoms with Crippen LogP contribution in [0.3, 0.4) is 0 Å². The Balaban J connectivity index is 1.92. The van der Waals surface area contributed by atoms with Gasteiger partial charge in [-0.3, -0.25) is 0 Å². The van der Waals surface area contributed by atoms with E-state index < -0.39 is 5.97 Å². The van der Waals surface area contributed by atoms with Crippen LogP contribution in [0.15, 0.2) is 42.5 Å². The van der Waals surface area contributed by atoms with E-state index in [1.165, 1.54) is 12.1 Å². The van der Waals surface area contributed by atoms with Crippen LogP contribution in [0, 0.1) is 5.82 Å². The molecule has 0 aliphatic heterocycles. The van der Waals surface area contributed by atoms with Crippen molar-refractivity contribution in [2.45, 2.75) is 26.2 Å². The fourth-order valence-electron chi connectivity index (χ4n) is 3.68. The number of hydrogen-bond acceptors (Lipinski definition) is 3. The predicted octanol–water partition coefficient (Wildman–Crippen LogP) is 6.37. The van der Waals surface area contributed by atoms with Gasteiger partial charge in [0.2, 0.25) is 0 Å². The van der Waals surface area contributed by atoms with Crippen LogP contribution in [-0.2, 0) is 11.2 Å². The van der Waals surface area contributed by atoms with Crippen LogP contribution in [0.25, 0.3) is 17.3 Å². The van der Waals surface area contributed by atoms with Gasteiger partial charge in [-0.15, -0.1) is 0 Å². The van der Waals surface area contributed by atoms with Gasteiger partial charge in [-0.25, -0.2) is 13.9 Å². The average molecular weight is 445 g/mol. The quantitative estimate of drug-likeness (QED) is 0.439. The first-order valence-corrected chi connectivity index (χ1v) is 10.4. The number of esters is 1. The van der Waals surface area contributed by atoms with Crippen molar-refractivity contribution in [2.75, 3.05) is 6.61 Å². The van der Waals surface area contributed by atoms with E-state index >= 15 is 0 Å². The number of halogens is 3. The summed E-state index contributed by atoms with van der Waals surface area (Å²) in [4.78, 5) is 12.6. The lowest BCUT2D eigenvalue weighted by atomic mass is 9.89. The molecule has 0 spiro atoms. The molecule has 0 unspecified atom stereocenters. The maximum Gasteiger partial charge on any atom is 0.359 e. The van der Waals surface area contributed by atoms with Gasteiger partial charge in [0, 0.05) is 10.6 Å². The number of carbonyl (C=O) groups is 1. The third-order valence-corrected chi connectivity index (χ3v) is 5.52. The minimum Gasteiger partial charge on any atom is -0.461 e. The molecule has 0 fully saturated rings. The Labute approximate surface area is 183 Å².